The summed E-state index contributed by atoms with van der Waals surface area (Å²) in [6, 6.07) is 28.3. The minimum Gasteiger partial charge on any atom is -0.478 e. The molecule has 0 fully saturated rings. The molecule has 0 spiro atoms. The molecule has 11 nitrogen and oxygen atoms in total. The van der Waals surface area contributed by atoms with Gasteiger partial charge in [-0.05, 0) is 54.6 Å². The molecule has 12 heteroatoms. The lowest BCUT2D eigenvalue weighted by Gasteiger charge is -2.23. The van der Waals surface area contributed by atoms with Gasteiger partial charge in [0.05, 0.1) is 27.6 Å². The Balaban J connectivity index is 1.70. The van der Waals surface area contributed by atoms with Crippen LogP contribution in [0.15, 0.2) is 115 Å². The molecule has 0 unspecified atom stereocenters. The molecule has 0 amide bonds. The Kier molecular flexibility index (Phi) is 8.70. The van der Waals surface area contributed by atoms with Gasteiger partial charge in [0.15, 0.2) is 7.14 Å². The molecule has 0 heterocycles. The Morgan fingerprint density at radius 2 is 0.848 bits per heavy atom. The summed E-state index contributed by atoms with van der Waals surface area (Å²) in [5, 5.41) is 38.9. The fourth-order valence-corrected chi connectivity index (χ4v) is 7.54. The maximum absolute atomic E-state index is 15.4. The van der Waals surface area contributed by atoms with Gasteiger partial charge in [-0.25, -0.2) is 19.2 Å². The van der Waals surface area contributed by atoms with E-state index in [-0.39, 0.29) is 28.3 Å². The molecular weight excluding hydrogens is 615 g/mol. The van der Waals surface area contributed by atoms with Crippen molar-refractivity contribution in [1.29, 1.82) is 0 Å². The molecule has 0 saturated carbocycles. The molecule has 0 aliphatic carbocycles. The zero-order chi connectivity index (χ0) is 33.0. The van der Waals surface area contributed by atoms with Crippen LogP contribution < -0.4 is 25.4 Å². The molecule has 4 N–H and O–H groups in total. The van der Waals surface area contributed by atoms with Gasteiger partial charge in [-0.3, -0.25) is 0 Å². The third kappa shape index (κ3) is 6.21. The van der Waals surface area contributed by atoms with E-state index in [2.05, 4.69) is 0 Å². The van der Waals surface area contributed by atoms with Crippen LogP contribution >= 0.6 is 7.14 Å². The first-order valence-corrected chi connectivity index (χ1v) is 15.1. The third-order valence-electron chi connectivity index (χ3n) is 6.88. The molecule has 0 bridgehead atoms. The Morgan fingerprint density at radius 1 is 0.457 bits per heavy atom. The number of carboxylic acid groups (broad SMARTS) is 4. The zero-order valence-electron chi connectivity index (χ0n) is 23.6. The maximum Gasteiger partial charge on any atom is 0.336 e. The lowest BCUT2D eigenvalue weighted by atomic mass is 10.1. The van der Waals surface area contributed by atoms with Crippen molar-refractivity contribution >= 4 is 46.9 Å². The van der Waals surface area contributed by atoms with E-state index in [1.807, 2.05) is 0 Å². The Bertz CT molecular complexity index is 2000. The molecule has 0 aliphatic rings. The van der Waals surface area contributed by atoms with Crippen molar-refractivity contribution in [3.63, 3.8) is 0 Å². The van der Waals surface area contributed by atoms with Crippen molar-refractivity contribution in [2.24, 2.45) is 0 Å². The van der Waals surface area contributed by atoms with Crippen molar-refractivity contribution in [3.8, 4) is 23.0 Å². The smallest absolute Gasteiger partial charge is 0.336 e. The lowest BCUT2D eigenvalue weighted by Crippen LogP contribution is -2.26. The molecule has 5 aromatic carbocycles. The topological polar surface area (TPSA) is 185 Å². The summed E-state index contributed by atoms with van der Waals surface area (Å²) >= 11 is 0. The number of benzene rings is 5. The highest BCUT2D eigenvalue weighted by atomic mass is 31.2. The molecule has 0 aromatic heterocycles. The summed E-state index contributed by atoms with van der Waals surface area (Å²) in [4.78, 5) is 46.6. The van der Waals surface area contributed by atoms with Crippen molar-refractivity contribution in [1.82, 2.24) is 0 Å². The van der Waals surface area contributed by atoms with E-state index in [4.69, 9.17) is 9.47 Å². The highest BCUT2D eigenvalue weighted by Gasteiger charge is 2.34. The van der Waals surface area contributed by atoms with Gasteiger partial charge in [0.2, 0.25) is 0 Å². The van der Waals surface area contributed by atoms with Crippen LogP contribution in [0, 0.1) is 0 Å². The molecule has 5 aromatic rings. The van der Waals surface area contributed by atoms with Crippen molar-refractivity contribution in [3.05, 3.63) is 138 Å². The minimum atomic E-state index is -3.77. The summed E-state index contributed by atoms with van der Waals surface area (Å²) in [6.07, 6.45) is 0. The van der Waals surface area contributed by atoms with E-state index in [1.54, 1.807) is 60.7 Å². The van der Waals surface area contributed by atoms with Crippen LogP contribution in [0.1, 0.15) is 41.4 Å². The third-order valence-corrected chi connectivity index (χ3v) is 9.96. The van der Waals surface area contributed by atoms with Gasteiger partial charge >= 0.3 is 23.9 Å². The highest BCUT2D eigenvalue weighted by molar-refractivity contribution is 7.85. The van der Waals surface area contributed by atoms with Gasteiger partial charge in [-0.2, -0.15) is 0 Å². The number of hydrogen-bond acceptors (Lipinski definition) is 7. The lowest BCUT2D eigenvalue weighted by molar-refractivity contribution is 0.0651. The Hall–Kier alpha value is -6.19. The highest BCUT2D eigenvalue weighted by Crippen LogP contribution is 2.47. The van der Waals surface area contributed by atoms with Crippen LogP contribution in [0.5, 0.6) is 23.0 Å². The van der Waals surface area contributed by atoms with E-state index in [0.717, 1.165) is 24.3 Å². The number of ether oxygens (including phenoxy) is 2. The van der Waals surface area contributed by atoms with Gasteiger partial charge in [-0.15, -0.1) is 0 Å². The zero-order valence-corrected chi connectivity index (χ0v) is 24.5. The van der Waals surface area contributed by atoms with Gasteiger partial charge in [0.1, 0.15) is 23.0 Å². The SMILES string of the molecule is O=C(O)c1ccc(Oc2ccc(Oc3ccc(C(=O)O)c(C(=O)O)c3)c(P(=O)(c3ccccc3)c3ccccc3)c2)cc1C(=O)O. The molecular formula is C34H23O11P. The first-order chi connectivity index (χ1) is 22.0. The van der Waals surface area contributed by atoms with E-state index in [9.17, 15) is 39.6 Å². The number of hydrogen-bond donors (Lipinski definition) is 4. The summed E-state index contributed by atoms with van der Waals surface area (Å²) < 4.78 is 27.4. The largest absolute Gasteiger partial charge is 0.478 e. The maximum atomic E-state index is 15.4. The predicted molar refractivity (Wildman–Crippen MR) is 167 cm³/mol. The number of rotatable bonds is 11. The molecule has 46 heavy (non-hydrogen) atoms. The number of aromatic carboxylic acids is 4. The van der Waals surface area contributed by atoms with E-state index in [0.29, 0.717) is 10.6 Å². The molecule has 0 atom stereocenters. The van der Waals surface area contributed by atoms with Crippen molar-refractivity contribution in [2.45, 2.75) is 0 Å². The number of carbonyl (C=O) groups is 4. The summed E-state index contributed by atoms with van der Waals surface area (Å²) in [6.45, 7) is 0. The normalized spacial score (nSPS) is 11.0. The summed E-state index contributed by atoms with van der Waals surface area (Å²) in [7, 11) is -3.77. The number of carboxylic acids is 4. The van der Waals surface area contributed by atoms with Gasteiger partial charge in [-0.1, -0.05) is 60.7 Å². The van der Waals surface area contributed by atoms with Crippen molar-refractivity contribution in [2.75, 3.05) is 0 Å². The molecule has 0 aliphatic heterocycles. The van der Waals surface area contributed by atoms with Gasteiger partial charge < -0.3 is 34.5 Å². The van der Waals surface area contributed by atoms with Crippen LogP contribution in [0.2, 0.25) is 0 Å². The second-order valence-corrected chi connectivity index (χ2v) is 12.5. The first-order valence-electron chi connectivity index (χ1n) is 13.4. The Labute approximate surface area is 260 Å². The predicted octanol–water partition coefficient (Wildman–Crippen LogP) is 5.70. The molecule has 5 rings (SSSR count). The standard InChI is InChI=1S/C34H23O11P/c35-31(36)25-14-11-20(17-27(25)33(39)40)44-22-13-16-29(45-21-12-15-26(32(37)38)28(18-21)34(41)42)30(19-22)46(43,23-7-3-1-4-8-23)24-9-5-2-6-10-24/h1-19H,(H,35,36)(H,37,38)(H,39,40)(H,41,42). The molecule has 230 valence electrons. The molecule has 0 saturated heterocycles. The second-order valence-electron chi connectivity index (χ2n) is 9.75. The van der Waals surface area contributed by atoms with Crippen LogP contribution in [0.4, 0.5) is 0 Å². The quantitative estimate of drug-likeness (QED) is 0.130. The average Bonchev–Trinajstić information content (AvgIpc) is 3.05. The first kappa shape index (κ1) is 31.2. The van der Waals surface area contributed by atoms with E-state index in [1.165, 1.54) is 30.3 Å². The minimum absolute atomic E-state index is 0.00775. The van der Waals surface area contributed by atoms with E-state index < -0.39 is 53.3 Å². The average molecular weight is 639 g/mol. The van der Waals surface area contributed by atoms with Crippen LogP contribution in [0.3, 0.4) is 0 Å². The second kappa shape index (κ2) is 12.8. The van der Waals surface area contributed by atoms with E-state index >= 15 is 4.57 Å². The summed E-state index contributed by atoms with van der Waals surface area (Å²) in [5.74, 6) is -5.74. The Morgan fingerprint density at radius 3 is 1.28 bits per heavy atom. The summed E-state index contributed by atoms with van der Waals surface area (Å²) in [5.41, 5.74) is -1.89. The van der Waals surface area contributed by atoms with Crippen LogP contribution in [-0.2, 0) is 4.57 Å². The van der Waals surface area contributed by atoms with Crippen LogP contribution in [-0.4, -0.2) is 44.3 Å². The van der Waals surface area contributed by atoms with Crippen LogP contribution in [0.25, 0.3) is 0 Å². The van der Waals surface area contributed by atoms with Gasteiger partial charge in [0.25, 0.3) is 0 Å². The van der Waals surface area contributed by atoms with Crippen molar-refractivity contribution < 1.29 is 53.6 Å². The monoisotopic (exact) mass is 638 g/mol. The molecule has 0 radical (unpaired) electrons. The fraction of sp³-hybridized carbons (Fsp3) is 0. The fourth-order valence-electron chi connectivity index (χ4n) is 4.76. The van der Waals surface area contributed by atoms with Gasteiger partial charge in [0, 0.05) is 10.6 Å².